The van der Waals surface area contributed by atoms with Gasteiger partial charge in [-0.1, -0.05) is 6.08 Å². The van der Waals surface area contributed by atoms with Crippen LogP contribution in [0.3, 0.4) is 0 Å². The summed E-state index contributed by atoms with van der Waals surface area (Å²) in [6.45, 7) is 0.254. The van der Waals surface area contributed by atoms with Crippen molar-refractivity contribution in [2.75, 3.05) is 12.8 Å². The molecule has 6 nitrogen and oxygen atoms in total. The van der Waals surface area contributed by atoms with Crippen molar-refractivity contribution >= 4 is 34.7 Å². The fourth-order valence-electron chi connectivity index (χ4n) is 2.58. The van der Waals surface area contributed by atoms with E-state index in [1.165, 1.54) is 7.11 Å². The summed E-state index contributed by atoms with van der Waals surface area (Å²) in [5.41, 5.74) is 8.29. The lowest BCUT2D eigenvalue weighted by atomic mass is 10.0. The van der Waals surface area contributed by atoms with E-state index in [9.17, 15) is 4.79 Å². The molecular weight excluding hydrogens is 362 g/mol. The molecule has 2 heterocycles. The topological polar surface area (TPSA) is 101 Å². The summed E-state index contributed by atoms with van der Waals surface area (Å²) < 4.78 is 10.7. The Morgan fingerprint density at radius 3 is 2.89 bits per heavy atom. The van der Waals surface area contributed by atoms with Crippen LogP contribution in [0.5, 0.6) is 5.75 Å². The molecular formula is C20H19N3O3S. The number of anilines is 1. The highest BCUT2D eigenvalue weighted by Crippen LogP contribution is 2.30. The molecule has 0 atom stereocenters. The number of benzene rings is 1. The number of nitrogens with one attached hydrogen (secondary N) is 2. The summed E-state index contributed by atoms with van der Waals surface area (Å²) in [7, 11) is 1.46. The lowest BCUT2D eigenvalue weighted by Crippen LogP contribution is -2.24. The normalized spacial score (nSPS) is 10.9. The summed E-state index contributed by atoms with van der Waals surface area (Å²) in [5.74, 6) is 0.579. The Morgan fingerprint density at radius 1 is 1.37 bits per heavy atom. The average Bonchev–Trinajstić information content (AvgIpc) is 3.37. The number of thiophene rings is 1. The molecule has 0 spiro atoms. The number of carbonyl (C=O) groups is 1. The molecule has 0 saturated heterocycles. The molecule has 138 valence electrons. The minimum atomic E-state index is -0.334. The molecule has 1 aromatic carbocycles. The summed E-state index contributed by atoms with van der Waals surface area (Å²) >= 11 is 1.58. The third-order valence-corrected chi connectivity index (χ3v) is 4.60. The first-order valence-corrected chi connectivity index (χ1v) is 9.10. The van der Waals surface area contributed by atoms with Crippen molar-refractivity contribution in [2.24, 2.45) is 0 Å². The molecule has 0 radical (unpaired) electrons. The van der Waals surface area contributed by atoms with Crippen molar-refractivity contribution in [3.05, 3.63) is 75.9 Å². The summed E-state index contributed by atoms with van der Waals surface area (Å²) in [4.78, 5) is 12.6. The summed E-state index contributed by atoms with van der Waals surface area (Å²) in [6, 6.07) is 8.67. The Hall–Kier alpha value is -3.32. The second-order valence-corrected chi connectivity index (χ2v) is 6.46. The van der Waals surface area contributed by atoms with Crippen LogP contribution in [0.1, 0.15) is 27.2 Å². The molecule has 7 heteroatoms. The Bertz CT molecular complexity index is 961. The van der Waals surface area contributed by atoms with E-state index in [0.717, 1.165) is 5.56 Å². The number of nitrogen functional groups attached to an aromatic ring is 1. The smallest absolute Gasteiger partial charge is 0.255 e. The number of nitrogens with two attached hydrogens (primary N) is 1. The SMILES string of the molecule is COc1c(C(=O)NCc2ccco2)ccc(N)c1C(=N)/C=C/c1ccsc1. The van der Waals surface area contributed by atoms with E-state index in [1.54, 1.807) is 47.9 Å². The van der Waals surface area contributed by atoms with E-state index >= 15 is 0 Å². The summed E-state index contributed by atoms with van der Waals surface area (Å²) in [6.07, 6.45) is 5.01. The minimum absolute atomic E-state index is 0.163. The Balaban J connectivity index is 1.86. The predicted molar refractivity (Wildman–Crippen MR) is 107 cm³/mol. The van der Waals surface area contributed by atoms with Gasteiger partial charge in [0.15, 0.2) is 0 Å². The monoisotopic (exact) mass is 381 g/mol. The highest BCUT2D eigenvalue weighted by Gasteiger charge is 2.20. The van der Waals surface area contributed by atoms with E-state index in [2.05, 4.69) is 5.32 Å². The van der Waals surface area contributed by atoms with Gasteiger partial charge in [-0.05, 0) is 52.7 Å². The number of allylic oxidation sites excluding steroid dienone is 1. The van der Waals surface area contributed by atoms with E-state index in [1.807, 2.05) is 22.9 Å². The van der Waals surface area contributed by atoms with Crippen molar-refractivity contribution in [1.82, 2.24) is 5.32 Å². The molecule has 2 aromatic heterocycles. The van der Waals surface area contributed by atoms with Crippen LogP contribution in [-0.2, 0) is 6.54 Å². The lowest BCUT2D eigenvalue weighted by molar-refractivity contribution is 0.0945. The van der Waals surface area contributed by atoms with Gasteiger partial charge in [0.1, 0.15) is 11.5 Å². The third-order valence-electron chi connectivity index (χ3n) is 3.90. The second kappa shape index (κ2) is 8.37. The quantitative estimate of drug-likeness (QED) is 0.426. The Kier molecular flexibility index (Phi) is 5.73. The number of furan rings is 1. The first-order chi connectivity index (χ1) is 13.1. The number of hydrogen-bond acceptors (Lipinski definition) is 6. The highest BCUT2D eigenvalue weighted by atomic mass is 32.1. The number of hydrogen-bond donors (Lipinski definition) is 3. The second-order valence-electron chi connectivity index (χ2n) is 5.68. The van der Waals surface area contributed by atoms with Gasteiger partial charge in [-0.2, -0.15) is 11.3 Å². The largest absolute Gasteiger partial charge is 0.495 e. The van der Waals surface area contributed by atoms with Crippen LogP contribution >= 0.6 is 11.3 Å². The molecule has 0 fully saturated rings. The van der Waals surface area contributed by atoms with Crippen molar-refractivity contribution in [1.29, 1.82) is 5.41 Å². The number of methoxy groups -OCH3 is 1. The minimum Gasteiger partial charge on any atom is -0.495 e. The number of ether oxygens (including phenoxy) is 1. The number of carbonyl (C=O) groups excluding carboxylic acids is 1. The highest BCUT2D eigenvalue weighted by molar-refractivity contribution is 7.08. The predicted octanol–water partition coefficient (Wildman–Crippen LogP) is 3.94. The van der Waals surface area contributed by atoms with Gasteiger partial charge in [0, 0.05) is 5.69 Å². The van der Waals surface area contributed by atoms with Crippen LogP contribution in [-0.4, -0.2) is 18.7 Å². The van der Waals surface area contributed by atoms with Crippen molar-refractivity contribution in [2.45, 2.75) is 6.54 Å². The maximum absolute atomic E-state index is 12.6. The molecule has 3 rings (SSSR count). The zero-order valence-electron chi connectivity index (χ0n) is 14.7. The van der Waals surface area contributed by atoms with Gasteiger partial charge in [0.25, 0.3) is 5.91 Å². The molecule has 0 saturated carbocycles. The molecule has 4 N–H and O–H groups in total. The molecule has 0 aliphatic carbocycles. The van der Waals surface area contributed by atoms with E-state index in [-0.39, 0.29) is 23.9 Å². The fraction of sp³-hybridized carbons (Fsp3) is 0.100. The fourth-order valence-corrected chi connectivity index (χ4v) is 3.20. The molecule has 0 unspecified atom stereocenters. The van der Waals surface area contributed by atoms with Gasteiger partial charge in [0.2, 0.25) is 0 Å². The van der Waals surface area contributed by atoms with Crippen LogP contribution in [0.15, 0.2) is 57.8 Å². The maximum Gasteiger partial charge on any atom is 0.255 e. The van der Waals surface area contributed by atoms with E-state index in [0.29, 0.717) is 22.6 Å². The van der Waals surface area contributed by atoms with Gasteiger partial charge in [-0.15, -0.1) is 0 Å². The van der Waals surface area contributed by atoms with Crippen LogP contribution in [0.4, 0.5) is 5.69 Å². The first kappa shape index (κ1) is 18.5. The molecule has 3 aromatic rings. The van der Waals surface area contributed by atoms with Crippen LogP contribution in [0.2, 0.25) is 0 Å². The molecule has 27 heavy (non-hydrogen) atoms. The van der Waals surface area contributed by atoms with Gasteiger partial charge in [-0.25, -0.2) is 0 Å². The van der Waals surface area contributed by atoms with Gasteiger partial charge >= 0.3 is 0 Å². The molecule has 1 amide bonds. The third kappa shape index (κ3) is 4.27. The van der Waals surface area contributed by atoms with Crippen LogP contribution in [0.25, 0.3) is 6.08 Å². The van der Waals surface area contributed by atoms with Gasteiger partial charge in [0.05, 0.1) is 36.8 Å². The molecule has 0 aliphatic heterocycles. The Morgan fingerprint density at radius 2 is 2.22 bits per heavy atom. The Labute approximate surface area is 160 Å². The zero-order valence-corrected chi connectivity index (χ0v) is 15.5. The van der Waals surface area contributed by atoms with E-state index in [4.69, 9.17) is 20.3 Å². The van der Waals surface area contributed by atoms with Gasteiger partial charge < -0.3 is 25.6 Å². The molecule has 0 bridgehead atoms. The van der Waals surface area contributed by atoms with Crippen LogP contribution < -0.4 is 15.8 Å². The number of amides is 1. The first-order valence-electron chi connectivity index (χ1n) is 8.16. The average molecular weight is 381 g/mol. The standard InChI is InChI=1S/C20H19N3O3S/c1-25-19-15(20(24)23-11-14-3-2-9-26-14)5-7-17(22)18(19)16(21)6-4-13-8-10-27-12-13/h2-10,12,21H,11,22H2,1H3,(H,23,24)/b6-4+,21-16?. The number of rotatable bonds is 7. The lowest BCUT2D eigenvalue weighted by Gasteiger charge is -2.15. The van der Waals surface area contributed by atoms with E-state index < -0.39 is 0 Å². The van der Waals surface area contributed by atoms with Crippen LogP contribution in [0, 0.1) is 5.41 Å². The van der Waals surface area contributed by atoms with Crippen molar-refractivity contribution in [3.63, 3.8) is 0 Å². The molecule has 0 aliphatic rings. The van der Waals surface area contributed by atoms with Gasteiger partial charge in [-0.3, -0.25) is 4.79 Å². The van der Waals surface area contributed by atoms with Crippen molar-refractivity contribution < 1.29 is 13.9 Å². The summed E-state index contributed by atoms with van der Waals surface area (Å²) in [5, 5.41) is 15.1. The maximum atomic E-state index is 12.6. The zero-order chi connectivity index (χ0) is 19.2. The van der Waals surface area contributed by atoms with Crippen molar-refractivity contribution in [3.8, 4) is 5.75 Å².